The number of fused-ring (bicyclic) bond motifs is 1. The molecule has 4 heterocycles. The molecule has 6 nitrogen and oxygen atoms in total. The largest absolute Gasteiger partial charge is 0.506 e. The summed E-state index contributed by atoms with van der Waals surface area (Å²) in [5.41, 5.74) is 2.30. The van der Waals surface area contributed by atoms with Gasteiger partial charge in [0.15, 0.2) is 0 Å². The van der Waals surface area contributed by atoms with Crippen LogP contribution in [0.3, 0.4) is 0 Å². The Morgan fingerprint density at radius 2 is 2.05 bits per heavy atom. The lowest BCUT2D eigenvalue weighted by molar-refractivity contribution is 0.431. The molecular formula is C14H8N4O2S. The van der Waals surface area contributed by atoms with Crippen molar-refractivity contribution in [2.24, 2.45) is 0 Å². The quantitative estimate of drug-likeness (QED) is 0.611. The summed E-state index contributed by atoms with van der Waals surface area (Å²) < 4.78 is 6.28. The second-order valence-corrected chi connectivity index (χ2v) is 5.33. The predicted molar refractivity (Wildman–Crippen MR) is 77.8 cm³/mol. The third-order valence-electron chi connectivity index (χ3n) is 2.96. The first-order valence-corrected chi connectivity index (χ1v) is 6.99. The molecule has 1 N–H and O–H groups in total. The molecule has 0 spiro atoms. The fourth-order valence-corrected chi connectivity index (χ4v) is 2.75. The molecule has 0 unspecified atom stereocenters. The van der Waals surface area contributed by atoms with E-state index in [1.807, 2.05) is 17.5 Å². The van der Waals surface area contributed by atoms with Crippen LogP contribution in [0, 0.1) is 0 Å². The van der Waals surface area contributed by atoms with E-state index >= 15 is 0 Å². The molecule has 102 valence electrons. The van der Waals surface area contributed by atoms with Gasteiger partial charge in [0.25, 0.3) is 5.89 Å². The van der Waals surface area contributed by atoms with Crippen LogP contribution < -0.4 is 0 Å². The Kier molecular flexibility index (Phi) is 2.65. The molecular weight excluding hydrogens is 288 g/mol. The van der Waals surface area contributed by atoms with Crippen LogP contribution in [-0.2, 0) is 0 Å². The third-order valence-corrected chi connectivity index (χ3v) is 3.81. The van der Waals surface area contributed by atoms with Gasteiger partial charge in [-0.3, -0.25) is 9.97 Å². The molecule has 0 saturated heterocycles. The number of aromatic nitrogens is 4. The predicted octanol–water partition coefficient (Wildman–Crippen LogP) is 3.11. The normalized spacial score (nSPS) is 11.0. The molecule has 4 aromatic heterocycles. The Morgan fingerprint density at radius 3 is 2.95 bits per heavy atom. The molecule has 0 amide bonds. The second-order valence-electron chi connectivity index (χ2n) is 4.38. The Labute approximate surface area is 122 Å². The zero-order valence-electron chi connectivity index (χ0n) is 10.6. The molecule has 0 aliphatic rings. The van der Waals surface area contributed by atoms with Gasteiger partial charge < -0.3 is 9.63 Å². The van der Waals surface area contributed by atoms with E-state index in [-0.39, 0.29) is 5.75 Å². The Morgan fingerprint density at radius 1 is 1.10 bits per heavy atom. The van der Waals surface area contributed by atoms with Crippen LogP contribution in [0.1, 0.15) is 0 Å². The number of rotatable bonds is 2. The molecule has 21 heavy (non-hydrogen) atoms. The van der Waals surface area contributed by atoms with Crippen molar-refractivity contribution in [3.8, 4) is 28.6 Å². The molecule has 0 aliphatic carbocycles. The van der Waals surface area contributed by atoms with E-state index in [1.165, 1.54) is 12.3 Å². The summed E-state index contributed by atoms with van der Waals surface area (Å²) in [7, 11) is 0. The Bertz CT molecular complexity index is 931. The minimum absolute atomic E-state index is 0.0499. The van der Waals surface area contributed by atoms with Crippen LogP contribution in [0.2, 0.25) is 0 Å². The minimum Gasteiger partial charge on any atom is -0.506 e. The van der Waals surface area contributed by atoms with Gasteiger partial charge in [0, 0.05) is 18.0 Å². The summed E-state index contributed by atoms with van der Waals surface area (Å²) in [6, 6.07) is 5.46. The van der Waals surface area contributed by atoms with Crippen LogP contribution >= 0.6 is 11.3 Å². The van der Waals surface area contributed by atoms with Crippen molar-refractivity contribution in [2.45, 2.75) is 0 Å². The molecule has 4 rings (SSSR count). The molecule has 0 aliphatic heterocycles. The zero-order valence-corrected chi connectivity index (χ0v) is 11.4. The van der Waals surface area contributed by atoms with Crippen molar-refractivity contribution in [3.63, 3.8) is 0 Å². The van der Waals surface area contributed by atoms with Crippen molar-refractivity contribution >= 4 is 21.6 Å². The summed E-state index contributed by atoms with van der Waals surface area (Å²) in [5.74, 6) is 0.810. The van der Waals surface area contributed by atoms with Crippen LogP contribution in [0.4, 0.5) is 0 Å². The van der Waals surface area contributed by atoms with Crippen molar-refractivity contribution in [2.75, 3.05) is 0 Å². The number of nitrogens with zero attached hydrogens (tertiary/aromatic N) is 4. The van der Waals surface area contributed by atoms with Crippen molar-refractivity contribution in [1.29, 1.82) is 0 Å². The molecule has 4 aromatic rings. The molecule has 0 bridgehead atoms. The molecule has 0 aromatic carbocycles. The van der Waals surface area contributed by atoms with E-state index in [9.17, 15) is 5.11 Å². The summed E-state index contributed by atoms with van der Waals surface area (Å²) in [4.78, 5) is 12.6. The van der Waals surface area contributed by atoms with E-state index in [0.29, 0.717) is 17.3 Å². The Hall–Kier alpha value is -2.80. The van der Waals surface area contributed by atoms with Crippen LogP contribution in [0.25, 0.3) is 33.1 Å². The highest BCUT2D eigenvalue weighted by Gasteiger charge is 2.12. The number of aromatic hydroxyl groups is 1. The Balaban J connectivity index is 1.76. The lowest BCUT2D eigenvalue weighted by atomic mass is 10.2. The van der Waals surface area contributed by atoms with Gasteiger partial charge in [-0.25, -0.2) is 0 Å². The molecule has 7 heteroatoms. The number of pyridine rings is 2. The molecule has 0 atom stereocenters. The van der Waals surface area contributed by atoms with Gasteiger partial charge in [0.05, 0.1) is 22.0 Å². The lowest BCUT2D eigenvalue weighted by Crippen LogP contribution is -1.83. The lowest BCUT2D eigenvalue weighted by Gasteiger charge is -1.94. The first-order chi connectivity index (χ1) is 10.3. The summed E-state index contributed by atoms with van der Waals surface area (Å²) in [6.07, 6.45) is 4.61. The van der Waals surface area contributed by atoms with Crippen molar-refractivity contribution in [3.05, 3.63) is 42.2 Å². The maximum atomic E-state index is 9.43. The van der Waals surface area contributed by atoms with Crippen LogP contribution in [-0.4, -0.2) is 25.2 Å². The molecule has 0 radical (unpaired) electrons. The topological polar surface area (TPSA) is 84.9 Å². The van der Waals surface area contributed by atoms with Crippen molar-refractivity contribution in [1.82, 2.24) is 20.1 Å². The number of hydrogen-bond acceptors (Lipinski definition) is 7. The monoisotopic (exact) mass is 296 g/mol. The zero-order chi connectivity index (χ0) is 14.2. The standard InChI is InChI=1S/C14H8N4O2S/c19-10-3-9(5-15-7-10)14-17-13(18-20-14)8-4-12-11(16-6-8)1-2-21-12/h1-7,19H. The first-order valence-electron chi connectivity index (χ1n) is 6.11. The smallest absolute Gasteiger partial charge is 0.259 e. The van der Waals surface area contributed by atoms with Gasteiger partial charge >= 0.3 is 0 Å². The summed E-state index contributed by atoms with van der Waals surface area (Å²) in [6.45, 7) is 0. The van der Waals surface area contributed by atoms with E-state index < -0.39 is 0 Å². The average molecular weight is 296 g/mol. The number of hydrogen-bond donors (Lipinski definition) is 1. The highest BCUT2D eigenvalue weighted by atomic mass is 32.1. The average Bonchev–Trinajstić information content (AvgIpc) is 3.15. The van der Waals surface area contributed by atoms with Gasteiger partial charge in [-0.1, -0.05) is 5.16 Å². The van der Waals surface area contributed by atoms with E-state index in [0.717, 1.165) is 15.8 Å². The van der Waals surface area contributed by atoms with Gasteiger partial charge in [0.2, 0.25) is 5.82 Å². The molecule has 0 saturated carbocycles. The second kappa shape index (κ2) is 4.64. The maximum Gasteiger partial charge on any atom is 0.259 e. The third kappa shape index (κ3) is 2.13. The van der Waals surface area contributed by atoms with Crippen LogP contribution in [0.15, 0.2) is 46.7 Å². The first kappa shape index (κ1) is 12.0. The van der Waals surface area contributed by atoms with Gasteiger partial charge in [-0.15, -0.1) is 11.3 Å². The highest BCUT2D eigenvalue weighted by molar-refractivity contribution is 7.17. The summed E-state index contributed by atoms with van der Waals surface area (Å²) in [5, 5.41) is 15.4. The van der Waals surface area contributed by atoms with E-state index in [4.69, 9.17) is 4.52 Å². The van der Waals surface area contributed by atoms with Gasteiger partial charge in [0.1, 0.15) is 5.75 Å². The number of thiophene rings is 1. The van der Waals surface area contributed by atoms with E-state index in [1.54, 1.807) is 23.7 Å². The molecule has 0 fully saturated rings. The van der Waals surface area contributed by atoms with Gasteiger partial charge in [-0.05, 0) is 23.6 Å². The SMILES string of the molecule is Oc1cncc(-c2nc(-c3cnc4ccsc4c3)no2)c1. The fourth-order valence-electron chi connectivity index (χ4n) is 1.97. The van der Waals surface area contributed by atoms with Crippen LogP contribution in [0.5, 0.6) is 5.75 Å². The fraction of sp³-hybridized carbons (Fsp3) is 0. The summed E-state index contributed by atoms with van der Waals surface area (Å²) >= 11 is 1.61. The van der Waals surface area contributed by atoms with E-state index in [2.05, 4.69) is 20.1 Å². The van der Waals surface area contributed by atoms with Crippen molar-refractivity contribution < 1.29 is 9.63 Å². The highest BCUT2D eigenvalue weighted by Crippen LogP contribution is 2.26. The maximum absolute atomic E-state index is 9.43. The minimum atomic E-state index is 0.0499. The van der Waals surface area contributed by atoms with Gasteiger partial charge in [-0.2, -0.15) is 4.98 Å².